The van der Waals surface area contributed by atoms with E-state index in [0.29, 0.717) is 22.1 Å². The van der Waals surface area contributed by atoms with Gasteiger partial charge in [0, 0.05) is 29.0 Å². The minimum atomic E-state index is -3.91. The number of aromatic nitrogens is 2. The molecule has 0 aliphatic carbocycles. The summed E-state index contributed by atoms with van der Waals surface area (Å²) < 4.78 is 40.9. The largest absolute Gasteiger partial charge is 0.316 e. The van der Waals surface area contributed by atoms with Crippen molar-refractivity contribution in [2.75, 3.05) is 7.05 Å². The van der Waals surface area contributed by atoms with Crippen molar-refractivity contribution in [3.05, 3.63) is 58.6 Å². The molecule has 0 saturated carbocycles. The first kappa shape index (κ1) is 19.6. The van der Waals surface area contributed by atoms with Gasteiger partial charge in [-0.15, -0.1) is 0 Å². The Morgan fingerprint density at radius 3 is 2.64 bits per heavy atom. The van der Waals surface area contributed by atoms with E-state index in [1.54, 1.807) is 19.3 Å². The van der Waals surface area contributed by atoms with Gasteiger partial charge in [0.15, 0.2) is 0 Å². The molecule has 25 heavy (non-hydrogen) atoms. The molecule has 0 saturated heterocycles. The van der Waals surface area contributed by atoms with Gasteiger partial charge >= 0.3 is 0 Å². The summed E-state index contributed by atoms with van der Waals surface area (Å²) in [5.41, 5.74) is 1.77. The number of hydrogen-bond acceptors (Lipinski definition) is 4. The maximum absolute atomic E-state index is 13.4. The number of nitrogens with zero attached hydrogens (tertiary/aromatic N) is 2. The second-order valence-corrected chi connectivity index (χ2v) is 7.69. The molecule has 0 spiro atoms. The van der Waals surface area contributed by atoms with Gasteiger partial charge in [-0.25, -0.2) is 16.8 Å². The highest BCUT2D eigenvalue weighted by Gasteiger charge is 2.22. The van der Waals surface area contributed by atoms with E-state index in [1.165, 1.54) is 24.4 Å². The van der Waals surface area contributed by atoms with Crippen molar-refractivity contribution in [3.63, 3.8) is 0 Å². The Morgan fingerprint density at radius 1 is 1.28 bits per heavy atom. The van der Waals surface area contributed by atoms with Crippen LogP contribution in [0.3, 0.4) is 0 Å². The molecule has 2 heterocycles. The van der Waals surface area contributed by atoms with Crippen molar-refractivity contribution in [2.24, 2.45) is 0 Å². The van der Waals surface area contributed by atoms with Gasteiger partial charge in [-0.05, 0) is 47.2 Å². The van der Waals surface area contributed by atoms with E-state index in [4.69, 9.17) is 0 Å². The molecule has 0 bridgehead atoms. The molecule has 1 aromatic carbocycles. The van der Waals surface area contributed by atoms with Crippen LogP contribution in [0.2, 0.25) is 0 Å². The Balaban J connectivity index is 0.00000109. The summed E-state index contributed by atoms with van der Waals surface area (Å²) in [5.74, 6) is -0.600. The second kappa shape index (κ2) is 8.07. The predicted molar refractivity (Wildman–Crippen MR) is 101 cm³/mol. The zero-order valence-electron chi connectivity index (χ0n) is 14.1. The van der Waals surface area contributed by atoms with Gasteiger partial charge in [-0.3, -0.25) is 4.98 Å². The van der Waals surface area contributed by atoms with Crippen LogP contribution in [0.5, 0.6) is 0 Å². The molecule has 5 nitrogen and oxygen atoms in total. The van der Waals surface area contributed by atoms with Crippen molar-refractivity contribution in [3.8, 4) is 0 Å². The Morgan fingerprint density at radius 2 is 2.00 bits per heavy atom. The molecule has 3 aromatic rings. The van der Waals surface area contributed by atoms with Gasteiger partial charge in [0.1, 0.15) is 5.82 Å². The SMILES string of the molecule is CC.CNCc1cn(S(=O)(=O)c2cccc(F)c2)c2cc(Br)cnc12. The molecule has 0 radical (unpaired) electrons. The van der Waals surface area contributed by atoms with Gasteiger partial charge < -0.3 is 5.32 Å². The molecule has 0 unspecified atom stereocenters. The Kier molecular flexibility index (Phi) is 6.31. The molecule has 0 fully saturated rings. The minimum Gasteiger partial charge on any atom is -0.316 e. The monoisotopic (exact) mass is 427 g/mol. The maximum atomic E-state index is 13.4. The molecule has 3 rings (SSSR count). The Labute approximate surface area is 155 Å². The number of benzene rings is 1. The molecule has 0 atom stereocenters. The molecule has 134 valence electrons. The predicted octanol–water partition coefficient (Wildman–Crippen LogP) is 3.92. The molecule has 1 N–H and O–H groups in total. The van der Waals surface area contributed by atoms with Crippen LogP contribution in [-0.2, 0) is 16.6 Å². The maximum Gasteiger partial charge on any atom is 0.268 e. The number of rotatable bonds is 4. The van der Waals surface area contributed by atoms with E-state index in [2.05, 4.69) is 26.2 Å². The number of hydrogen-bond donors (Lipinski definition) is 1. The third kappa shape index (κ3) is 3.91. The number of halogens is 2. The summed E-state index contributed by atoms with van der Waals surface area (Å²) in [5, 5.41) is 2.98. The van der Waals surface area contributed by atoms with Crippen LogP contribution in [0.4, 0.5) is 4.39 Å². The molecule has 0 aliphatic rings. The van der Waals surface area contributed by atoms with Crippen molar-refractivity contribution in [1.82, 2.24) is 14.3 Å². The van der Waals surface area contributed by atoms with Gasteiger partial charge in [0.05, 0.1) is 15.9 Å². The normalized spacial score (nSPS) is 11.2. The summed E-state index contributed by atoms with van der Waals surface area (Å²) in [7, 11) is -2.15. The highest BCUT2D eigenvalue weighted by molar-refractivity contribution is 9.10. The molecule has 8 heteroatoms. The number of fused-ring (bicyclic) bond motifs is 1. The van der Waals surface area contributed by atoms with E-state index in [0.717, 1.165) is 15.6 Å². The molecule has 2 aromatic heterocycles. The summed E-state index contributed by atoms with van der Waals surface area (Å²) in [6.07, 6.45) is 3.13. The van der Waals surface area contributed by atoms with E-state index in [1.807, 2.05) is 13.8 Å². The van der Waals surface area contributed by atoms with Crippen LogP contribution in [0, 0.1) is 5.82 Å². The van der Waals surface area contributed by atoms with E-state index >= 15 is 0 Å². The minimum absolute atomic E-state index is 0.106. The van der Waals surface area contributed by atoms with Gasteiger partial charge in [0.25, 0.3) is 10.0 Å². The first-order chi connectivity index (χ1) is 11.9. The van der Waals surface area contributed by atoms with Gasteiger partial charge in [0.2, 0.25) is 0 Å². The van der Waals surface area contributed by atoms with Crippen LogP contribution in [0.25, 0.3) is 11.0 Å². The van der Waals surface area contributed by atoms with Gasteiger partial charge in [-0.1, -0.05) is 19.9 Å². The third-order valence-corrected chi connectivity index (χ3v) is 5.47. The highest BCUT2D eigenvalue weighted by Crippen LogP contribution is 2.27. The lowest BCUT2D eigenvalue weighted by Gasteiger charge is -2.07. The summed E-state index contributed by atoms with van der Waals surface area (Å²) in [6.45, 7) is 4.47. The van der Waals surface area contributed by atoms with Crippen molar-refractivity contribution in [1.29, 1.82) is 0 Å². The van der Waals surface area contributed by atoms with Crippen molar-refractivity contribution < 1.29 is 12.8 Å². The molecule has 0 amide bonds. The second-order valence-electron chi connectivity index (χ2n) is 4.96. The summed E-state index contributed by atoms with van der Waals surface area (Å²) in [6, 6.07) is 6.63. The zero-order valence-corrected chi connectivity index (χ0v) is 16.5. The molecular formula is C17H19BrFN3O2S. The average molecular weight is 428 g/mol. The van der Waals surface area contributed by atoms with Crippen LogP contribution in [0.15, 0.2) is 52.1 Å². The lowest BCUT2D eigenvalue weighted by atomic mass is 10.2. The van der Waals surface area contributed by atoms with Crippen LogP contribution in [0.1, 0.15) is 19.4 Å². The topological polar surface area (TPSA) is 64.0 Å². The lowest BCUT2D eigenvalue weighted by Crippen LogP contribution is -2.12. The van der Waals surface area contributed by atoms with E-state index in [9.17, 15) is 12.8 Å². The Hall–Kier alpha value is -1.77. The average Bonchev–Trinajstić information content (AvgIpc) is 2.95. The standard InChI is InChI=1S/C15H13BrFN3O2S.C2H6/c1-18-7-10-9-20(14-5-11(16)8-19-15(10)14)23(21,22)13-4-2-3-12(17)6-13;1-2/h2-6,8-9,18H,7H2,1H3;1-2H3. The number of pyridine rings is 1. The van der Waals surface area contributed by atoms with E-state index < -0.39 is 15.8 Å². The quantitative estimate of drug-likeness (QED) is 0.684. The van der Waals surface area contributed by atoms with Crippen molar-refractivity contribution >= 4 is 37.0 Å². The smallest absolute Gasteiger partial charge is 0.268 e. The third-order valence-electron chi connectivity index (χ3n) is 3.37. The van der Waals surface area contributed by atoms with Crippen LogP contribution in [-0.4, -0.2) is 24.4 Å². The van der Waals surface area contributed by atoms with Crippen molar-refractivity contribution in [2.45, 2.75) is 25.3 Å². The fourth-order valence-corrected chi connectivity index (χ4v) is 4.10. The lowest BCUT2D eigenvalue weighted by molar-refractivity contribution is 0.584. The number of nitrogens with one attached hydrogen (secondary N) is 1. The first-order valence-electron chi connectivity index (χ1n) is 7.74. The fourth-order valence-electron chi connectivity index (χ4n) is 2.38. The fraction of sp³-hybridized carbons (Fsp3) is 0.235. The van der Waals surface area contributed by atoms with Gasteiger partial charge in [-0.2, -0.15) is 0 Å². The molecular weight excluding hydrogens is 409 g/mol. The molecule has 0 aliphatic heterocycles. The first-order valence-corrected chi connectivity index (χ1v) is 9.98. The summed E-state index contributed by atoms with van der Waals surface area (Å²) in [4.78, 5) is 4.19. The van der Waals surface area contributed by atoms with Crippen LogP contribution >= 0.6 is 15.9 Å². The van der Waals surface area contributed by atoms with Crippen LogP contribution < -0.4 is 5.32 Å². The zero-order chi connectivity index (χ0) is 18.6. The van der Waals surface area contributed by atoms with E-state index in [-0.39, 0.29) is 4.90 Å². The highest BCUT2D eigenvalue weighted by atomic mass is 79.9. The summed E-state index contributed by atoms with van der Waals surface area (Å²) >= 11 is 3.30. The Bertz CT molecular complexity index is 987.